The lowest BCUT2D eigenvalue weighted by atomic mass is 10.3. The fourth-order valence-electron chi connectivity index (χ4n) is 0.985. The standard InChI is InChI=1S/C8H11N3O3S/c12-7(1-5-2-9-4-10-5)11-6(3-15)8(13)14/h2,4,6,15H,1,3H2,(H,9,10)(H,11,12)(H,13,14). The van der Waals surface area contributed by atoms with Crippen molar-refractivity contribution in [1.82, 2.24) is 15.3 Å². The molecule has 0 aromatic carbocycles. The normalized spacial score (nSPS) is 12.1. The van der Waals surface area contributed by atoms with Crippen molar-refractivity contribution in [1.29, 1.82) is 0 Å². The van der Waals surface area contributed by atoms with Crippen LogP contribution in [0.2, 0.25) is 0 Å². The van der Waals surface area contributed by atoms with Gasteiger partial charge in [-0.15, -0.1) is 0 Å². The van der Waals surface area contributed by atoms with Crippen molar-refractivity contribution in [2.45, 2.75) is 12.5 Å². The number of thiol groups is 1. The van der Waals surface area contributed by atoms with Gasteiger partial charge in [0.25, 0.3) is 0 Å². The first-order valence-corrected chi connectivity index (χ1v) is 4.87. The first kappa shape index (κ1) is 11.6. The number of hydrogen-bond acceptors (Lipinski definition) is 4. The molecule has 0 radical (unpaired) electrons. The fourth-order valence-corrected chi connectivity index (χ4v) is 1.23. The number of hydrogen-bond donors (Lipinski definition) is 4. The number of nitrogens with zero attached hydrogens (tertiary/aromatic N) is 1. The minimum atomic E-state index is -1.09. The number of H-pyrrole nitrogens is 1. The molecule has 1 amide bonds. The van der Waals surface area contributed by atoms with Crippen molar-refractivity contribution in [3.05, 3.63) is 18.2 Å². The Morgan fingerprint density at radius 1 is 1.67 bits per heavy atom. The molecular formula is C8H11N3O3S. The zero-order valence-electron chi connectivity index (χ0n) is 7.80. The molecule has 1 atom stereocenters. The minimum absolute atomic E-state index is 0.0596. The Morgan fingerprint density at radius 2 is 2.40 bits per heavy atom. The zero-order valence-corrected chi connectivity index (χ0v) is 8.70. The van der Waals surface area contributed by atoms with Crippen LogP contribution in [0, 0.1) is 0 Å². The molecule has 0 aliphatic rings. The van der Waals surface area contributed by atoms with E-state index >= 15 is 0 Å². The predicted molar refractivity (Wildman–Crippen MR) is 55.7 cm³/mol. The summed E-state index contributed by atoms with van der Waals surface area (Å²) in [6, 6.07) is -0.955. The molecule has 0 aliphatic heterocycles. The number of nitrogens with one attached hydrogen (secondary N) is 2. The van der Waals surface area contributed by atoms with Crippen molar-refractivity contribution in [3.8, 4) is 0 Å². The molecule has 3 N–H and O–H groups in total. The maximum absolute atomic E-state index is 11.3. The monoisotopic (exact) mass is 229 g/mol. The second-order valence-electron chi connectivity index (χ2n) is 2.89. The van der Waals surface area contributed by atoms with Gasteiger partial charge >= 0.3 is 5.97 Å². The molecular weight excluding hydrogens is 218 g/mol. The van der Waals surface area contributed by atoms with E-state index in [4.69, 9.17) is 5.11 Å². The molecule has 1 rings (SSSR count). The molecule has 6 nitrogen and oxygen atoms in total. The van der Waals surface area contributed by atoms with E-state index in [2.05, 4.69) is 27.9 Å². The highest BCUT2D eigenvalue weighted by Gasteiger charge is 2.18. The van der Waals surface area contributed by atoms with Gasteiger partial charge in [0.05, 0.1) is 12.7 Å². The average molecular weight is 229 g/mol. The quantitative estimate of drug-likeness (QED) is 0.509. The Labute approximate surface area is 91.5 Å². The number of aliphatic carboxylic acids is 1. The third-order valence-electron chi connectivity index (χ3n) is 1.72. The van der Waals surface area contributed by atoms with Crippen molar-refractivity contribution < 1.29 is 14.7 Å². The number of imidazole rings is 1. The van der Waals surface area contributed by atoms with Gasteiger partial charge in [-0.05, 0) is 0 Å². The predicted octanol–water partition coefficient (Wildman–Crippen LogP) is -0.549. The minimum Gasteiger partial charge on any atom is -0.480 e. The third-order valence-corrected chi connectivity index (χ3v) is 2.09. The first-order chi connectivity index (χ1) is 7.13. The van der Waals surface area contributed by atoms with Crippen LogP contribution in [0.1, 0.15) is 5.69 Å². The van der Waals surface area contributed by atoms with E-state index in [1.54, 1.807) is 0 Å². The number of amides is 1. The molecule has 0 aliphatic carbocycles. The van der Waals surface area contributed by atoms with E-state index in [0.717, 1.165) is 0 Å². The maximum atomic E-state index is 11.3. The number of carbonyl (C=O) groups excluding carboxylic acids is 1. The zero-order chi connectivity index (χ0) is 11.3. The molecule has 15 heavy (non-hydrogen) atoms. The van der Waals surface area contributed by atoms with Crippen molar-refractivity contribution in [3.63, 3.8) is 0 Å². The average Bonchev–Trinajstić information content (AvgIpc) is 2.66. The second-order valence-corrected chi connectivity index (χ2v) is 3.26. The summed E-state index contributed by atoms with van der Waals surface area (Å²) in [7, 11) is 0. The number of aromatic nitrogens is 2. The Hall–Kier alpha value is -1.50. The second kappa shape index (κ2) is 5.40. The van der Waals surface area contributed by atoms with E-state index in [1.807, 2.05) is 0 Å². The number of carbonyl (C=O) groups is 2. The van der Waals surface area contributed by atoms with Gasteiger partial charge in [-0.25, -0.2) is 9.78 Å². The lowest BCUT2D eigenvalue weighted by molar-refractivity contribution is -0.141. The van der Waals surface area contributed by atoms with E-state index in [-0.39, 0.29) is 18.1 Å². The SMILES string of the molecule is O=C(Cc1cnc[nH]1)NC(CS)C(=O)O. The van der Waals surface area contributed by atoms with E-state index in [1.165, 1.54) is 12.5 Å². The molecule has 82 valence electrons. The smallest absolute Gasteiger partial charge is 0.327 e. The third kappa shape index (κ3) is 3.62. The Balaban J connectivity index is 2.45. The van der Waals surface area contributed by atoms with Crippen LogP contribution in [0.5, 0.6) is 0 Å². The lowest BCUT2D eigenvalue weighted by Crippen LogP contribution is -2.42. The first-order valence-electron chi connectivity index (χ1n) is 4.23. The van der Waals surface area contributed by atoms with Crippen LogP contribution < -0.4 is 5.32 Å². The highest BCUT2D eigenvalue weighted by molar-refractivity contribution is 7.80. The van der Waals surface area contributed by atoms with Gasteiger partial charge in [-0.3, -0.25) is 4.79 Å². The van der Waals surface area contributed by atoms with Crippen LogP contribution in [-0.4, -0.2) is 38.7 Å². The molecule has 1 aromatic heterocycles. The number of aromatic amines is 1. The van der Waals surface area contributed by atoms with Crippen LogP contribution in [0.4, 0.5) is 0 Å². The van der Waals surface area contributed by atoms with Crippen LogP contribution in [0.25, 0.3) is 0 Å². The van der Waals surface area contributed by atoms with Crippen LogP contribution in [-0.2, 0) is 16.0 Å². The molecule has 0 bridgehead atoms. The molecule has 7 heteroatoms. The van der Waals surface area contributed by atoms with Gasteiger partial charge in [-0.1, -0.05) is 0 Å². The summed E-state index contributed by atoms with van der Waals surface area (Å²) in [6.07, 6.45) is 3.05. The Kier molecular flexibility index (Phi) is 4.17. The van der Waals surface area contributed by atoms with E-state index in [0.29, 0.717) is 5.69 Å². The van der Waals surface area contributed by atoms with Crippen molar-refractivity contribution >= 4 is 24.5 Å². The molecule has 1 heterocycles. The molecule has 0 spiro atoms. The topological polar surface area (TPSA) is 95.1 Å². The molecule has 0 saturated heterocycles. The maximum Gasteiger partial charge on any atom is 0.327 e. The summed E-state index contributed by atoms with van der Waals surface area (Å²) in [4.78, 5) is 28.4. The molecule has 1 unspecified atom stereocenters. The summed E-state index contributed by atoms with van der Waals surface area (Å²) in [5, 5.41) is 11.0. The van der Waals surface area contributed by atoms with E-state index in [9.17, 15) is 9.59 Å². The van der Waals surface area contributed by atoms with Gasteiger partial charge in [0, 0.05) is 17.6 Å². The van der Waals surface area contributed by atoms with Crippen molar-refractivity contribution in [2.75, 3.05) is 5.75 Å². The fraction of sp³-hybridized carbons (Fsp3) is 0.375. The summed E-state index contributed by atoms with van der Waals surface area (Å²) < 4.78 is 0. The molecule has 0 saturated carbocycles. The largest absolute Gasteiger partial charge is 0.480 e. The van der Waals surface area contributed by atoms with E-state index < -0.39 is 12.0 Å². The highest BCUT2D eigenvalue weighted by Crippen LogP contribution is 1.94. The molecule has 0 fully saturated rings. The van der Waals surface area contributed by atoms with Crippen LogP contribution in [0.3, 0.4) is 0 Å². The van der Waals surface area contributed by atoms with Crippen LogP contribution in [0.15, 0.2) is 12.5 Å². The van der Waals surface area contributed by atoms with Gasteiger partial charge in [0.2, 0.25) is 5.91 Å². The molecule has 1 aromatic rings. The van der Waals surface area contributed by atoms with Gasteiger partial charge in [0.15, 0.2) is 0 Å². The summed E-state index contributed by atoms with van der Waals surface area (Å²) in [5.74, 6) is -1.41. The van der Waals surface area contributed by atoms with Crippen LogP contribution >= 0.6 is 12.6 Å². The number of carboxylic acids is 1. The van der Waals surface area contributed by atoms with Gasteiger partial charge < -0.3 is 15.4 Å². The summed E-state index contributed by atoms with van der Waals surface area (Å²) in [6.45, 7) is 0. The van der Waals surface area contributed by atoms with Gasteiger partial charge in [0.1, 0.15) is 6.04 Å². The Morgan fingerprint density at radius 3 is 2.87 bits per heavy atom. The Bertz CT molecular complexity index is 339. The lowest BCUT2D eigenvalue weighted by Gasteiger charge is -2.10. The summed E-state index contributed by atoms with van der Waals surface area (Å²) >= 11 is 3.83. The van der Waals surface area contributed by atoms with Crippen molar-refractivity contribution in [2.24, 2.45) is 0 Å². The summed E-state index contributed by atoms with van der Waals surface area (Å²) in [5.41, 5.74) is 0.635. The highest BCUT2D eigenvalue weighted by atomic mass is 32.1. The van der Waals surface area contributed by atoms with Gasteiger partial charge in [-0.2, -0.15) is 12.6 Å². The number of rotatable bonds is 5. The number of carboxylic acid groups (broad SMARTS) is 1.